The zero-order chi connectivity index (χ0) is 19.3. The molecule has 0 saturated carbocycles. The Morgan fingerprint density at radius 2 is 1.73 bits per heavy atom. The van der Waals surface area contributed by atoms with Crippen LogP contribution in [0.25, 0.3) is 0 Å². The van der Waals surface area contributed by atoms with E-state index in [0.29, 0.717) is 11.5 Å². The standard InChI is InChI=1S/C20H23NO5/c1-20(2,3)14-6-8-15(9-7-14)26-12-18(22)21-16-11-13(19(23)24)5-10-17(16)25-4/h5-11H,12H2,1-4H3,(H,21,22)(H,23,24). The third-order valence-corrected chi connectivity index (χ3v) is 3.81. The molecule has 6 heteroatoms. The molecule has 2 aromatic carbocycles. The van der Waals surface area contributed by atoms with Gasteiger partial charge in [0, 0.05) is 0 Å². The Morgan fingerprint density at radius 1 is 1.08 bits per heavy atom. The molecule has 138 valence electrons. The van der Waals surface area contributed by atoms with Crippen molar-refractivity contribution < 1.29 is 24.2 Å². The zero-order valence-corrected chi connectivity index (χ0v) is 15.3. The van der Waals surface area contributed by atoms with Gasteiger partial charge in [0.15, 0.2) is 6.61 Å². The summed E-state index contributed by atoms with van der Waals surface area (Å²) in [5, 5.41) is 11.7. The summed E-state index contributed by atoms with van der Waals surface area (Å²) in [5.74, 6) is -0.540. The van der Waals surface area contributed by atoms with E-state index < -0.39 is 11.9 Å². The lowest BCUT2D eigenvalue weighted by Crippen LogP contribution is -2.21. The van der Waals surface area contributed by atoms with E-state index in [-0.39, 0.29) is 23.3 Å². The highest BCUT2D eigenvalue weighted by molar-refractivity contribution is 5.96. The number of methoxy groups -OCH3 is 1. The fraction of sp³-hybridized carbons (Fsp3) is 0.300. The topological polar surface area (TPSA) is 84.9 Å². The second kappa shape index (κ2) is 7.91. The van der Waals surface area contributed by atoms with Gasteiger partial charge in [-0.15, -0.1) is 0 Å². The molecule has 0 aliphatic heterocycles. The first kappa shape index (κ1) is 19.3. The average Bonchev–Trinajstić information content (AvgIpc) is 2.59. The number of hydrogen-bond acceptors (Lipinski definition) is 4. The summed E-state index contributed by atoms with van der Waals surface area (Å²) in [6.45, 7) is 6.16. The molecular weight excluding hydrogens is 334 g/mol. The van der Waals surface area contributed by atoms with Crippen LogP contribution in [0.2, 0.25) is 0 Å². The number of carbonyl (C=O) groups is 2. The lowest BCUT2D eigenvalue weighted by molar-refractivity contribution is -0.118. The van der Waals surface area contributed by atoms with Gasteiger partial charge in [-0.05, 0) is 41.3 Å². The second-order valence-electron chi connectivity index (χ2n) is 6.83. The molecule has 0 unspecified atom stereocenters. The van der Waals surface area contributed by atoms with Crippen molar-refractivity contribution in [1.82, 2.24) is 0 Å². The molecule has 1 amide bonds. The largest absolute Gasteiger partial charge is 0.495 e. The molecule has 0 bridgehead atoms. The molecule has 2 aromatic rings. The van der Waals surface area contributed by atoms with Gasteiger partial charge in [0.25, 0.3) is 5.91 Å². The van der Waals surface area contributed by atoms with Crippen LogP contribution in [0.4, 0.5) is 5.69 Å². The van der Waals surface area contributed by atoms with Crippen molar-refractivity contribution in [2.45, 2.75) is 26.2 Å². The third kappa shape index (κ3) is 4.99. The van der Waals surface area contributed by atoms with E-state index in [9.17, 15) is 9.59 Å². The first-order chi connectivity index (χ1) is 12.2. The number of carbonyl (C=O) groups excluding carboxylic acids is 1. The van der Waals surface area contributed by atoms with Crippen LogP contribution in [-0.2, 0) is 10.2 Å². The minimum atomic E-state index is -1.08. The molecule has 0 aromatic heterocycles. The summed E-state index contributed by atoms with van der Waals surface area (Å²) in [6, 6.07) is 11.8. The van der Waals surface area contributed by atoms with Crippen LogP contribution in [0.1, 0.15) is 36.7 Å². The van der Waals surface area contributed by atoms with Crippen molar-refractivity contribution in [3.05, 3.63) is 53.6 Å². The molecule has 2 N–H and O–H groups in total. The quantitative estimate of drug-likeness (QED) is 0.823. The van der Waals surface area contributed by atoms with Crippen molar-refractivity contribution in [3.8, 4) is 11.5 Å². The number of aromatic carboxylic acids is 1. The summed E-state index contributed by atoms with van der Waals surface area (Å²) in [7, 11) is 1.44. The van der Waals surface area contributed by atoms with Gasteiger partial charge in [-0.25, -0.2) is 4.79 Å². The van der Waals surface area contributed by atoms with Gasteiger partial charge in [0.05, 0.1) is 18.4 Å². The molecule has 0 saturated heterocycles. The van der Waals surface area contributed by atoms with Gasteiger partial charge in [-0.3, -0.25) is 4.79 Å². The highest BCUT2D eigenvalue weighted by atomic mass is 16.5. The number of carboxylic acid groups (broad SMARTS) is 1. The highest BCUT2D eigenvalue weighted by Gasteiger charge is 2.14. The molecular formula is C20H23NO5. The SMILES string of the molecule is COc1ccc(C(=O)O)cc1NC(=O)COc1ccc(C(C)(C)C)cc1. The lowest BCUT2D eigenvalue weighted by atomic mass is 9.87. The Hall–Kier alpha value is -3.02. The fourth-order valence-electron chi connectivity index (χ4n) is 2.33. The van der Waals surface area contributed by atoms with Crippen molar-refractivity contribution in [3.63, 3.8) is 0 Å². The molecule has 2 rings (SSSR count). The number of amides is 1. The van der Waals surface area contributed by atoms with Crippen molar-refractivity contribution >= 4 is 17.6 Å². The molecule has 0 atom stereocenters. The number of benzene rings is 2. The maximum absolute atomic E-state index is 12.1. The van der Waals surface area contributed by atoms with Crippen LogP contribution in [0.3, 0.4) is 0 Å². The van der Waals surface area contributed by atoms with Crippen LogP contribution < -0.4 is 14.8 Å². The van der Waals surface area contributed by atoms with Crippen molar-refractivity contribution in [2.75, 3.05) is 19.0 Å². The van der Waals surface area contributed by atoms with E-state index in [4.69, 9.17) is 14.6 Å². The van der Waals surface area contributed by atoms with E-state index in [1.807, 2.05) is 24.3 Å². The van der Waals surface area contributed by atoms with E-state index in [2.05, 4.69) is 26.1 Å². The molecule has 26 heavy (non-hydrogen) atoms. The minimum absolute atomic E-state index is 0.0433. The van der Waals surface area contributed by atoms with E-state index in [1.54, 1.807) is 0 Å². The van der Waals surface area contributed by atoms with Gasteiger partial charge in [-0.2, -0.15) is 0 Å². The summed E-state index contributed by atoms with van der Waals surface area (Å²) in [6.07, 6.45) is 0. The second-order valence-corrected chi connectivity index (χ2v) is 6.83. The number of ether oxygens (including phenoxy) is 2. The molecule has 6 nitrogen and oxygen atoms in total. The molecule has 0 radical (unpaired) electrons. The highest BCUT2D eigenvalue weighted by Crippen LogP contribution is 2.26. The number of rotatable bonds is 6. The van der Waals surface area contributed by atoms with Crippen LogP contribution in [-0.4, -0.2) is 30.7 Å². The molecule has 0 spiro atoms. The Balaban J connectivity index is 2.01. The Labute approximate surface area is 152 Å². The van der Waals surface area contributed by atoms with Gasteiger partial charge < -0.3 is 19.9 Å². The lowest BCUT2D eigenvalue weighted by Gasteiger charge is -2.19. The number of carboxylic acids is 1. The maximum atomic E-state index is 12.1. The van der Waals surface area contributed by atoms with Gasteiger partial charge in [0.1, 0.15) is 11.5 Å². The van der Waals surface area contributed by atoms with Gasteiger partial charge in [-0.1, -0.05) is 32.9 Å². The minimum Gasteiger partial charge on any atom is -0.495 e. The number of anilines is 1. The van der Waals surface area contributed by atoms with Crippen LogP contribution in [0.5, 0.6) is 11.5 Å². The summed E-state index contributed by atoms with van der Waals surface area (Å²) in [4.78, 5) is 23.2. The van der Waals surface area contributed by atoms with Crippen LogP contribution >= 0.6 is 0 Å². The van der Waals surface area contributed by atoms with E-state index >= 15 is 0 Å². The third-order valence-electron chi connectivity index (χ3n) is 3.81. The fourth-order valence-corrected chi connectivity index (χ4v) is 2.33. The van der Waals surface area contributed by atoms with Crippen LogP contribution in [0, 0.1) is 0 Å². The molecule has 0 aliphatic carbocycles. The monoisotopic (exact) mass is 357 g/mol. The molecule has 0 heterocycles. The average molecular weight is 357 g/mol. The predicted octanol–water partition coefficient (Wildman–Crippen LogP) is 3.71. The van der Waals surface area contributed by atoms with Gasteiger partial charge in [0.2, 0.25) is 0 Å². The van der Waals surface area contributed by atoms with Crippen molar-refractivity contribution in [2.24, 2.45) is 0 Å². The maximum Gasteiger partial charge on any atom is 0.335 e. The first-order valence-electron chi connectivity index (χ1n) is 8.15. The number of hydrogen-bond donors (Lipinski definition) is 2. The van der Waals surface area contributed by atoms with E-state index in [1.165, 1.54) is 30.9 Å². The normalized spacial score (nSPS) is 10.9. The summed E-state index contributed by atoms with van der Waals surface area (Å²) >= 11 is 0. The van der Waals surface area contributed by atoms with Crippen LogP contribution in [0.15, 0.2) is 42.5 Å². The summed E-state index contributed by atoms with van der Waals surface area (Å²) in [5.41, 5.74) is 1.55. The summed E-state index contributed by atoms with van der Waals surface area (Å²) < 4.78 is 10.6. The predicted molar refractivity (Wildman–Crippen MR) is 99.2 cm³/mol. The zero-order valence-electron chi connectivity index (χ0n) is 15.3. The van der Waals surface area contributed by atoms with E-state index in [0.717, 1.165) is 0 Å². The Kier molecular flexibility index (Phi) is 5.87. The smallest absolute Gasteiger partial charge is 0.335 e. The Bertz CT molecular complexity index is 791. The molecule has 0 aliphatic rings. The Morgan fingerprint density at radius 3 is 2.27 bits per heavy atom. The van der Waals surface area contributed by atoms with Crippen molar-refractivity contribution in [1.29, 1.82) is 0 Å². The number of nitrogens with one attached hydrogen (secondary N) is 1. The van der Waals surface area contributed by atoms with Gasteiger partial charge >= 0.3 is 5.97 Å². The molecule has 0 fully saturated rings. The first-order valence-corrected chi connectivity index (χ1v) is 8.15.